The highest BCUT2D eigenvalue weighted by atomic mass is 127. The molecule has 0 aliphatic rings. The van der Waals surface area contributed by atoms with Crippen molar-refractivity contribution in [3.63, 3.8) is 0 Å². The maximum absolute atomic E-state index is 12.0. The van der Waals surface area contributed by atoms with Crippen molar-refractivity contribution in [1.29, 1.82) is 0 Å². The number of carbonyl (C=O) groups is 1. The Morgan fingerprint density at radius 3 is 2.74 bits per heavy atom. The van der Waals surface area contributed by atoms with Gasteiger partial charge in [0.1, 0.15) is 0 Å². The van der Waals surface area contributed by atoms with Gasteiger partial charge in [0.05, 0.1) is 12.1 Å². The van der Waals surface area contributed by atoms with Gasteiger partial charge >= 0.3 is 0 Å². The van der Waals surface area contributed by atoms with E-state index in [4.69, 9.17) is 11.6 Å². The Bertz CT molecular complexity index is 613. The van der Waals surface area contributed by atoms with Gasteiger partial charge in [-0.2, -0.15) is 0 Å². The molecular weight excluding hydrogens is 373 g/mol. The second-order valence-electron chi connectivity index (χ2n) is 4.34. The van der Waals surface area contributed by atoms with Crippen molar-refractivity contribution in [2.75, 3.05) is 5.32 Å². The van der Waals surface area contributed by atoms with Crippen LogP contribution in [-0.2, 0) is 11.2 Å². The summed E-state index contributed by atoms with van der Waals surface area (Å²) >= 11 is 8.04. The second-order valence-corrected chi connectivity index (χ2v) is 5.94. The van der Waals surface area contributed by atoms with Gasteiger partial charge in [0.2, 0.25) is 5.91 Å². The van der Waals surface area contributed by atoms with Gasteiger partial charge in [0.25, 0.3) is 0 Å². The fourth-order valence-electron chi connectivity index (χ4n) is 1.79. The number of rotatable bonds is 3. The molecule has 19 heavy (non-hydrogen) atoms. The summed E-state index contributed by atoms with van der Waals surface area (Å²) in [6.45, 7) is 2.02. The molecule has 4 heteroatoms. The van der Waals surface area contributed by atoms with E-state index in [0.717, 1.165) is 20.4 Å². The van der Waals surface area contributed by atoms with Gasteiger partial charge in [0.15, 0.2) is 0 Å². The molecule has 2 nitrogen and oxygen atoms in total. The largest absolute Gasteiger partial charge is 0.325 e. The molecule has 1 N–H and O–H groups in total. The van der Waals surface area contributed by atoms with Crippen molar-refractivity contribution in [3.8, 4) is 0 Å². The van der Waals surface area contributed by atoms with Gasteiger partial charge in [-0.05, 0) is 53.3 Å². The minimum atomic E-state index is -0.0224. The smallest absolute Gasteiger partial charge is 0.228 e. The van der Waals surface area contributed by atoms with Crippen molar-refractivity contribution in [2.24, 2.45) is 0 Å². The number of hydrogen-bond acceptors (Lipinski definition) is 1. The highest BCUT2D eigenvalue weighted by molar-refractivity contribution is 14.1. The number of nitrogens with one attached hydrogen (secondary N) is 1. The lowest BCUT2D eigenvalue weighted by atomic mass is 10.1. The highest BCUT2D eigenvalue weighted by Gasteiger charge is 2.07. The lowest BCUT2D eigenvalue weighted by molar-refractivity contribution is -0.115. The first kappa shape index (κ1) is 14.3. The van der Waals surface area contributed by atoms with Crippen LogP contribution in [0, 0.1) is 10.5 Å². The molecule has 0 aliphatic heterocycles. The van der Waals surface area contributed by atoms with Gasteiger partial charge in [-0.3, -0.25) is 4.79 Å². The summed E-state index contributed by atoms with van der Waals surface area (Å²) in [4.78, 5) is 12.0. The SMILES string of the molecule is Cc1cccc(CC(=O)Nc2ccc(Cl)cc2I)c1. The topological polar surface area (TPSA) is 29.1 Å². The Morgan fingerprint density at radius 1 is 1.26 bits per heavy atom. The number of halogens is 2. The molecule has 0 spiro atoms. The van der Waals surface area contributed by atoms with E-state index in [1.165, 1.54) is 0 Å². The first-order chi connectivity index (χ1) is 9.04. The molecule has 0 bridgehead atoms. The zero-order valence-corrected chi connectivity index (χ0v) is 13.3. The first-order valence-electron chi connectivity index (χ1n) is 5.85. The van der Waals surface area contributed by atoms with Crippen molar-refractivity contribution < 1.29 is 4.79 Å². The van der Waals surface area contributed by atoms with E-state index in [2.05, 4.69) is 27.9 Å². The Balaban J connectivity index is 2.05. The van der Waals surface area contributed by atoms with Gasteiger partial charge in [-0.1, -0.05) is 41.4 Å². The van der Waals surface area contributed by atoms with Crippen LogP contribution in [-0.4, -0.2) is 5.91 Å². The quantitative estimate of drug-likeness (QED) is 0.778. The average molecular weight is 386 g/mol. The van der Waals surface area contributed by atoms with E-state index in [1.54, 1.807) is 6.07 Å². The third kappa shape index (κ3) is 4.21. The molecule has 2 aromatic rings. The predicted molar refractivity (Wildman–Crippen MR) is 87.7 cm³/mol. The molecule has 2 aromatic carbocycles. The van der Waals surface area contributed by atoms with Crippen LogP contribution < -0.4 is 5.32 Å². The number of hydrogen-bond donors (Lipinski definition) is 1. The van der Waals surface area contributed by atoms with E-state index in [-0.39, 0.29) is 5.91 Å². The maximum Gasteiger partial charge on any atom is 0.228 e. The molecule has 0 fully saturated rings. The average Bonchev–Trinajstić information content (AvgIpc) is 2.33. The summed E-state index contributed by atoms with van der Waals surface area (Å²) in [5.74, 6) is -0.0224. The Labute approximate surface area is 131 Å². The fourth-order valence-corrected chi connectivity index (χ4v) is 2.80. The van der Waals surface area contributed by atoms with Crippen molar-refractivity contribution in [3.05, 3.63) is 62.2 Å². The van der Waals surface area contributed by atoms with Crippen LogP contribution in [0.25, 0.3) is 0 Å². The number of carbonyl (C=O) groups excluding carboxylic acids is 1. The van der Waals surface area contributed by atoms with Gasteiger partial charge in [0, 0.05) is 8.59 Å². The van der Waals surface area contributed by atoms with Crippen molar-refractivity contribution >= 4 is 45.8 Å². The molecule has 0 atom stereocenters. The van der Waals surface area contributed by atoms with Crippen LogP contribution in [0.4, 0.5) is 5.69 Å². The third-order valence-corrected chi connectivity index (χ3v) is 3.78. The number of benzene rings is 2. The van der Waals surface area contributed by atoms with Gasteiger partial charge in [-0.25, -0.2) is 0 Å². The molecule has 0 unspecified atom stereocenters. The molecule has 0 aliphatic carbocycles. The van der Waals surface area contributed by atoms with Crippen molar-refractivity contribution in [2.45, 2.75) is 13.3 Å². The Kier molecular flexibility index (Phi) is 4.82. The lowest BCUT2D eigenvalue weighted by Crippen LogP contribution is -2.15. The summed E-state index contributed by atoms with van der Waals surface area (Å²) in [6.07, 6.45) is 0.375. The van der Waals surface area contributed by atoms with Crippen LogP contribution >= 0.6 is 34.2 Å². The minimum absolute atomic E-state index is 0.0224. The molecular formula is C15H13ClINO. The number of anilines is 1. The summed E-state index contributed by atoms with van der Waals surface area (Å²) in [7, 11) is 0. The van der Waals surface area contributed by atoms with E-state index < -0.39 is 0 Å². The molecule has 0 saturated heterocycles. The summed E-state index contributed by atoms with van der Waals surface area (Å²) < 4.78 is 0.933. The third-order valence-electron chi connectivity index (χ3n) is 2.65. The first-order valence-corrected chi connectivity index (χ1v) is 7.31. The minimum Gasteiger partial charge on any atom is -0.325 e. The highest BCUT2D eigenvalue weighted by Crippen LogP contribution is 2.22. The monoisotopic (exact) mass is 385 g/mol. The Morgan fingerprint density at radius 2 is 2.05 bits per heavy atom. The fraction of sp³-hybridized carbons (Fsp3) is 0.133. The van der Waals surface area contributed by atoms with Gasteiger partial charge in [-0.15, -0.1) is 0 Å². The van der Waals surface area contributed by atoms with E-state index in [1.807, 2.05) is 43.3 Å². The van der Waals surface area contributed by atoms with E-state index >= 15 is 0 Å². The van der Waals surface area contributed by atoms with Crippen LogP contribution in [0.5, 0.6) is 0 Å². The van der Waals surface area contributed by atoms with Gasteiger partial charge < -0.3 is 5.32 Å². The Hall–Kier alpha value is -1.07. The summed E-state index contributed by atoms with van der Waals surface area (Å²) in [5.41, 5.74) is 2.97. The van der Waals surface area contributed by atoms with E-state index in [9.17, 15) is 4.79 Å². The molecule has 98 valence electrons. The normalized spacial score (nSPS) is 10.3. The molecule has 0 saturated carbocycles. The van der Waals surface area contributed by atoms with Crippen LogP contribution in [0.2, 0.25) is 5.02 Å². The molecule has 0 heterocycles. The zero-order chi connectivity index (χ0) is 13.8. The van der Waals surface area contributed by atoms with Crippen LogP contribution in [0.15, 0.2) is 42.5 Å². The maximum atomic E-state index is 12.0. The van der Waals surface area contributed by atoms with Crippen LogP contribution in [0.3, 0.4) is 0 Å². The number of amides is 1. The van der Waals surface area contributed by atoms with E-state index in [0.29, 0.717) is 11.4 Å². The standard InChI is InChI=1S/C15H13ClINO/c1-10-3-2-4-11(7-10)8-15(19)18-14-6-5-12(16)9-13(14)17/h2-7,9H,8H2,1H3,(H,18,19). The number of aryl methyl sites for hydroxylation is 1. The van der Waals surface area contributed by atoms with Crippen LogP contribution in [0.1, 0.15) is 11.1 Å². The predicted octanol–water partition coefficient (Wildman–Crippen LogP) is 4.43. The molecule has 1 amide bonds. The van der Waals surface area contributed by atoms with Crippen molar-refractivity contribution in [1.82, 2.24) is 0 Å². The molecule has 2 rings (SSSR count). The summed E-state index contributed by atoms with van der Waals surface area (Å²) in [6, 6.07) is 13.4. The lowest BCUT2D eigenvalue weighted by Gasteiger charge is -2.08. The summed E-state index contributed by atoms with van der Waals surface area (Å²) in [5, 5.41) is 3.57. The molecule has 0 radical (unpaired) electrons. The molecule has 0 aromatic heterocycles. The second kappa shape index (κ2) is 6.39. The zero-order valence-electron chi connectivity index (χ0n) is 10.4.